The molecular formula is C21H31N7O2. The maximum absolute atomic E-state index is 13.5. The number of H-pyrrole nitrogens is 2. The number of carbonyl (C=O) groups excluding carboxylic acids is 2. The number of carbonyl (C=O) groups is 2. The van der Waals surface area contributed by atoms with Gasteiger partial charge in [-0.15, -0.1) is 0 Å². The van der Waals surface area contributed by atoms with E-state index in [9.17, 15) is 9.59 Å². The van der Waals surface area contributed by atoms with Crippen LogP contribution in [0.25, 0.3) is 0 Å². The molecule has 9 heteroatoms. The van der Waals surface area contributed by atoms with Crippen LogP contribution in [0.2, 0.25) is 0 Å². The van der Waals surface area contributed by atoms with Crippen LogP contribution in [0.15, 0.2) is 12.3 Å². The number of hydrogen-bond acceptors (Lipinski definition) is 5. The Morgan fingerprint density at radius 2 is 2.20 bits per heavy atom. The van der Waals surface area contributed by atoms with Crippen LogP contribution in [0.1, 0.15) is 67.8 Å². The van der Waals surface area contributed by atoms with Gasteiger partial charge < -0.3 is 20.9 Å². The summed E-state index contributed by atoms with van der Waals surface area (Å²) >= 11 is 0. The zero-order valence-corrected chi connectivity index (χ0v) is 17.9. The third-order valence-corrected chi connectivity index (χ3v) is 6.70. The first-order chi connectivity index (χ1) is 14.3. The summed E-state index contributed by atoms with van der Waals surface area (Å²) in [5.74, 6) is 0.631. The Labute approximate surface area is 176 Å². The van der Waals surface area contributed by atoms with Crippen molar-refractivity contribution in [2.24, 2.45) is 11.3 Å². The van der Waals surface area contributed by atoms with Gasteiger partial charge in [0, 0.05) is 24.0 Å². The first-order valence-electron chi connectivity index (χ1n) is 10.7. The monoisotopic (exact) mass is 413 g/mol. The summed E-state index contributed by atoms with van der Waals surface area (Å²) in [6.07, 6.45) is 5.84. The molecular weight excluding hydrogens is 382 g/mol. The van der Waals surface area contributed by atoms with Crippen molar-refractivity contribution >= 4 is 17.8 Å². The number of nitrogen functional groups attached to an aromatic ring is 1. The lowest BCUT2D eigenvalue weighted by Crippen LogP contribution is -2.50. The molecule has 5 N–H and O–H groups in total. The fraction of sp³-hybridized carbons (Fsp3) is 0.619. The second-order valence-electron chi connectivity index (χ2n) is 9.11. The second-order valence-corrected chi connectivity index (χ2v) is 9.11. The molecule has 4 rings (SSSR count). The first-order valence-corrected chi connectivity index (χ1v) is 10.7. The molecule has 0 radical (unpaired) electrons. The number of hydrogen-bond donors (Lipinski definition) is 4. The van der Waals surface area contributed by atoms with Crippen molar-refractivity contribution in [3.8, 4) is 0 Å². The number of imidazole rings is 1. The zero-order chi connectivity index (χ0) is 21.5. The Morgan fingerprint density at radius 3 is 2.83 bits per heavy atom. The van der Waals surface area contributed by atoms with Gasteiger partial charge in [0.2, 0.25) is 5.91 Å². The lowest BCUT2D eigenvalue weighted by atomic mass is 9.69. The van der Waals surface area contributed by atoms with Gasteiger partial charge >= 0.3 is 0 Å². The Morgan fingerprint density at radius 1 is 1.40 bits per heavy atom. The van der Waals surface area contributed by atoms with Gasteiger partial charge in [-0.25, -0.2) is 4.98 Å². The highest BCUT2D eigenvalue weighted by Gasteiger charge is 2.61. The molecule has 0 saturated carbocycles. The predicted octanol–water partition coefficient (Wildman–Crippen LogP) is 2.14. The van der Waals surface area contributed by atoms with Gasteiger partial charge in [0.1, 0.15) is 0 Å². The third kappa shape index (κ3) is 3.46. The molecule has 2 aromatic heterocycles. The fourth-order valence-electron chi connectivity index (χ4n) is 5.21. The average molecular weight is 414 g/mol. The lowest BCUT2D eigenvalue weighted by molar-refractivity contribution is -0.133. The van der Waals surface area contributed by atoms with Crippen LogP contribution in [0, 0.1) is 18.3 Å². The van der Waals surface area contributed by atoms with E-state index in [2.05, 4.69) is 39.3 Å². The van der Waals surface area contributed by atoms with Gasteiger partial charge in [0.25, 0.3) is 5.91 Å². The van der Waals surface area contributed by atoms with Crippen LogP contribution in [0.4, 0.5) is 5.95 Å². The first kappa shape index (κ1) is 20.4. The normalized spacial score (nSPS) is 25.3. The molecule has 2 aliphatic rings. The van der Waals surface area contributed by atoms with Crippen molar-refractivity contribution in [1.29, 1.82) is 0 Å². The van der Waals surface area contributed by atoms with Crippen molar-refractivity contribution in [1.82, 2.24) is 30.4 Å². The predicted molar refractivity (Wildman–Crippen MR) is 112 cm³/mol. The standard InChI is InChI=1S/C21H31N7O2/c1-12(2)6-8-21(19(30)23-11-14-7-9-24-27-14)10-15-4-5-16(21)28(15)18(29)17-13(3)25-20(22)26-17/h7,9,12,15-16H,4-6,8,10-11H2,1-3H3,(H,23,30)(H,24,27)(H3,22,25,26)/t15-,16+,21+/m1/s1. The number of anilines is 1. The molecule has 0 unspecified atom stereocenters. The smallest absolute Gasteiger partial charge is 0.274 e. The zero-order valence-electron chi connectivity index (χ0n) is 17.9. The average Bonchev–Trinajstić information content (AvgIpc) is 3.47. The fourth-order valence-corrected chi connectivity index (χ4v) is 5.21. The van der Waals surface area contributed by atoms with Crippen molar-refractivity contribution < 1.29 is 9.59 Å². The molecule has 4 heterocycles. The minimum atomic E-state index is -0.571. The molecule has 0 aromatic carbocycles. The number of fused-ring (bicyclic) bond motifs is 2. The molecule has 162 valence electrons. The number of aryl methyl sites for hydroxylation is 1. The van der Waals surface area contributed by atoms with Crippen LogP contribution < -0.4 is 11.1 Å². The summed E-state index contributed by atoms with van der Waals surface area (Å²) in [6.45, 7) is 6.55. The van der Waals surface area contributed by atoms with Gasteiger partial charge in [-0.3, -0.25) is 14.7 Å². The van der Waals surface area contributed by atoms with Crippen molar-refractivity contribution in [3.63, 3.8) is 0 Å². The topological polar surface area (TPSA) is 133 Å². The van der Waals surface area contributed by atoms with Crippen molar-refractivity contribution in [2.45, 2.75) is 71.5 Å². The van der Waals surface area contributed by atoms with E-state index in [0.717, 1.165) is 31.4 Å². The van der Waals surface area contributed by atoms with Gasteiger partial charge in [0.15, 0.2) is 11.6 Å². The molecule has 30 heavy (non-hydrogen) atoms. The van der Waals surface area contributed by atoms with Gasteiger partial charge in [-0.05, 0) is 51.0 Å². The molecule has 2 amide bonds. The quantitative estimate of drug-likeness (QED) is 0.552. The summed E-state index contributed by atoms with van der Waals surface area (Å²) in [6, 6.07) is 1.79. The number of amides is 2. The molecule has 2 aliphatic heterocycles. The molecule has 2 bridgehead atoms. The molecule has 2 saturated heterocycles. The Hall–Kier alpha value is -2.84. The van der Waals surface area contributed by atoms with Gasteiger partial charge in [0.05, 0.1) is 17.7 Å². The Kier molecular flexibility index (Phi) is 5.29. The van der Waals surface area contributed by atoms with Gasteiger partial charge in [-0.1, -0.05) is 13.8 Å². The Bertz CT molecular complexity index is 920. The summed E-state index contributed by atoms with van der Waals surface area (Å²) in [5.41, 5.74) is 7.08. The number of aromatic amines is 2. The molecule has 0 aliphatic carbocycles. The van der Waals surface area contributed by atoms with E-state index < -0.39 is 5.41 Å². The van der Waals surface area contributed by atoms with E-state index in [4.69, 9.17) is 5.73 Å². The van der Waals surface area contributed by atoms with Crippen molar-refractivity contribution in [2.75, 3.05) is 5.73 Å². The number of nitrogens with zero attached hydrogens (tertiary/aromatic N) is 3. The molecule has 2 fully saturated rings. The van der Waals surface area contributed by atoms with Crippen LogP contribution in [0.5, 0.6) is 0 Å². The molecule has 3 atom stereocenters. The third-order valence-electron chi connectivity index (χ3n) is 6.70. The van der Waals surface area contributed by atoms with Crippen LogP contribution >= 0.6 is 0 Å². The van der Waals surface area contributed by atoms with E-state index in [-0.39, 0.29) is 29.8 Å². The SMILES string of the molecule is Cc1[nH]c(N)nc1C(=O)N1[C@@H]2CC[C@H]1[C@@](CCC(C)C)(C(=O)NCc1ccn[nH]1)C2. The Balaban J connectivity index is 1.59. The molecule has 2 aromatic rings. The van der Waals surface area contributed by atoms with E-state index in [1.807, 2.05) is 11.0 Å². The number of rotatable bonds is 7. The van der Waals surface area contributed by atoms with E-state index >= 15 is 0 Å². The maximum Gasteiger partial charge on any atom is 0.274 e. The number of nitrogens with one attached hydrogen (secondary N) is 3. The van der Waals surface area contributed by atoms with Crippen molar-refractivity contribution in [3.05, 3.63) is 29.3 Å². The lowest BCUT2D eigenvalue weighted by Gasteiger charge is -2.36. The highest BCUT2D eigenvalue weighted by Crippen LogP contribution is 2.53. The highest BCUT2D eigenvalue weighted by atomic mass is 16.2. The van der Waals surface area contributed by atoms with Gasteiger partial charge in [-0.2, -0.15) is 5.10 Å². The second kappa shape index (κ2) is 7.77. The minimum absolute atomic E-state index is 0.0287. The molecule has 0 spiro atoms. The van der Waals surface area contributed by atoms with Crippen LogP contribution in [-0.2, 0) is 11.3 Å². The summed E-state index contributed by atoms with van der Waals surface area (Å²) in [4.78, 5) is 35.9. The van der Waals surface area contributed by atoms with Crippen LogP contribution in [-0.4, -0.2) is 49.0 Å². The highest BCUT2D eigenvalue weighted by molar-refractivity contribution is 5.96. The summed E-state index contributed by atoms with van der Waals surface area (Å²) in [7, 11) is 0. The van der Waals surface area contributed by atoms with E-state index in [1.165, 1.54) is 0 Å². The summed E-state index contributed by atoms with van der Waals surface area (Å²) < 4.78 is 0. The van der Waals surface area contributed by atoms with E-state index in [0.29, 0.717) is 30.3 Å². The number of aromatic nitrogens is 4. The summed E-state index contributed by atoms with van der Waals surface area (Å²) in [5, 5.41) is 9.93. The minimum Gasteiger partial charge on any atom is -0.369 e. The maximum atomic E-state index is 13.5. The number of nitrogens with two attached hydrogens (primary N) is 1. The van der Waals surface area contributed by atoms with E-state index in [1.54, 1.807) is 13.1 Å². The molecule has 9 nitrogen and oxygen atoms in total. The largest absolute Gasteiger partial charge is 0.369 e. The van der Waals surface area contributed by atoms with Crippen LogP contribution in [0.3, 0.4) is 0 Å².